The van der Waals surface area contributed by atoms with E-state index in [0.717, 1.165) is 48.9 Å². The molecule has 0 radical (unpaired) electrons. The van der Waals surface area contributed by atoms with Crippen LogP contribution in [0.4, 0.5) is 0 Å². The molecule has 2 heterocycles. The lowest BCUT2D eigenvalue weighted by Crippen LogP contribution is -2.23. The predicted molar refractivity (Wildman–Crippen MR) is 99.8 cm³/mol. The molecule has 1 aromatic carbocycles. The van der Waals surface area contributed by atoms with E-state index in [-0.39, 0.29) is 17.6 Å². The van der Waals surface area contributed by atoms with Gasteiger partial charge in [-0.1, -0.05) is 30.7 Å². The Kier molecular flexibility index (Phi) is 4.83. The second-order valence-electron chi connectivity index (χ2n) is 7.49. The Balaban J connectivity index is 1.40. The number of hydrogen-bond acceptors (Lipinski definition) is 3. The van der Waals surface area contributed by atoms with Crippen LogP contribution in [0.1, 0.15) is 59.2 Å². The molecular weight excluding hydrogens is 324 g/mol. The van der Waals surface area contributed by atoms with Crippen LogP contribution in [0.5, 0.6) is 0 Å². The first-order chi connectivity index (χ1) is 12.7. The van der Waals surface area contributed by atoms with Gasteiger partial charge in [-0.25, -0.2) is 0 Å². The summed E-state index contributed by atoms with van der Waals surface area (Å²) in [6, 6.07) is 10.4. The largest absolute Gasteiger partial charge is 0.338 e. The number of benzene rings is 1. The molecule has 0 bridgehead atoms. The monoisotopic (exact) mass is 348 g/mol. The van der Waals surface area contributed by atoms with Gasteiger partial charge < -0.3 is 4.90 Å². The van der Waals surface area contributed by atoms with Crippen molar-refractivity contribution >= 4 is 11.7 Å². The number of Topliss-reactive ketones (excluding diaryl/α,β-unsaturated/α-hetero) is 1. The fourth-order valence-corrected chi connectivity index (χ4v) is 3.71. The van der Waals surface area contributed by atoms with Crippen LogP contribution in [0.2, 0.25) is 0 Å². The van der Waals surface area contributed by atoms with Crippen LogP contribution in [0.25, 0.3) is 0 Å². The summed E-state index contributed by atoms with van der Waals surface area (Å²) >= 11 is 0. The normalized spacial score (nSPS) is 17.4. The number of amides is 1. The first-order valence-corrected chi connectivity index (χ1v) is 9.53. The number of pyridine rings is 1. The van der Waals surface area contributed by atoms with E-state index in [0.29, 0.717) is 13.0 Å². The minimum Gasteiger partial charge on any atom is -0.338 e. The fraction of sp³-hybridized carbons (Fsp3) is 0.409. The number of hydrogen-bond donors (Lipinski definition) is 0. The van der Waals surface area contributed by atoms with Crippen molar-refractivity contribution in [2.75, 3.05) is 6.54 Å². The van der Waals surface area contributed by atoms with Crippen LogP contribution in [-0.2, 0) is 17.8 Å². The molecule has 1 aliphatic carbocycles. The maximum absolute atomic E-state index is 12.4. The Hall–Kier alpha value is -2.49. The number of likely N-dealkylation sites (tertiary alicyclic amines) is 1. The van der Waals surface area contributed by atoms with E-state index in [1.807, 2.05) is 17.2 Å². The standard InChI is InChI=1S/C22H24N2O2/c25-21-5-2-10-24(21)15-17-8-6-16(7-9-17)11-18-12-20(14-23-13-18)22(26)19-3-1-4-19/h6-9,12-14,19H,1-5,10-11,15H2. The average Bonchev–Trinajstić information content (AvgIpc) is 3.00. The number of ketones is 1. The highest BCUT2D eigenvalue weighted by Gasteiger charge is 2.26. The summed E-state index contributed by atoms with van der Waals surface area (Å²) in [7, 11) is 0. The first kappa shape index (κ1) is 17.0. The molecule has 26 heavy (non-hydrogen) atoms. The molecule has 1 saturated carbocycles. The molecule has 0 unspecified atom stereocenters. The van der Waals surface area contributed by atoms with E-state index in [9.17, 15) is 9.59 Å². The zero-order chi connectivity index (χ0) is 17.9. The number of carbonyl (C=O) groups is 2. The molecule has 1 aromatic heterocycles. The van der Waals surface area contributed by atoms with E-state index < -0.39 is 0 Å². The quantitative estimate of drug-likeness (QED) is 0.747. The lowest BCUT2D eigenvalue weighted by Gasteiger charge is -2.23. The maximum Gasteiger partial charge on any atom is 0.222 e. The summed E-state index contributed by atoms with van der Waals surface area (Å²) in [5, 5.41) is 0. The van der Waals surface area contributed by atoms with Gasteiger partial charge in [0.2, 0.25) is 5.91 Å². The summed E-state index contributed by atoms with van der Waals surface area (Å²) in [5.74, 6) is 0.712. The van der Waals surface area contributed by atoms with Crippen LogP contribution < -0.4 is 0 Å². The summed E-state index contributed by atoms with van der Waals surface area (Å²) in [4.78, 5) is 30.3. The van der Waals surface area contributed by atoms with Gasteiger partial charge in [-0.3, -0.25) is 14.6 Å². The smallest absolute Gasteiger partial charge is 0.222 e. The third kappa shape index (κ3) is 3.69. The molecule has 0 N–H and O–H groups in total. The van der Waals surface area contributed by atoms with Crippen molar-refractivity contribution in [3.63, 3.8) is 0 Å². The van der Waals surface area contributed by atoms with Crippen LogP contribution in [0.3, 0.4) is 0 Å². The molecule has 0 atom stereocenters. The molecule has 1 saturated heterocycles. The topological polar surface area (TPSA) is 50.3 Å². The van der Waals surface area contributed by atoms with Crippen molar-refractivity contribution < 1.29 is 9.59 Å². The van der Waals surface area contributed by atoms with Crippen molar-refractivity contribution in [2.45, 2.75) is 45.1 Å². The van der Waals surface area contributed by atoms with Crippen molar-refractivity contribution in [3.8, 4) is 0 Å². The summed E-state index contributed by atoms with van der Waals surface area (Å²) in [6.45, 7) is 1.57. The Morgan fingerprint density at radius 3 is 2.46 bits per heavy atom. The lowest BCUT2D eigenvalue weighted by atomic mass is 9.80. The van der Waals surface area contributed by atoms with E-state index >= 15 is 0 Å². The van der Waals surface area contributed by atoms with E-state index in [2.05, 4.69) is 29.2 Å². The van der Waals surface area contributed by atoms with Gasteiger partial charge in [-0.05, 0) is 48.4 Å². The molecule has 4 heteroatoms. The second kappa shape index (κ2) is 7.40. The Labute approximate surface area is 154 Å². The molecule has 4 nitrogen and oxygen atoms in total. The molecule has 4 rings (SSSR count). The Bertz CT molecular complexity index is 809. The maximum atomic E-state index is 12.4. The highest BCUT2D eigenvalue weighted by atomic mass is 16.2. The first-order valence-electron chi connectivity index (χ1n) is 9.53. The summed E-state index contributed by atoms with van der Waals surface area (Å²) < 4.78 is 0. The molecule has 2 aromatic rings. The predicted octanol–water partition coefficient (Wildman–Crippen LogP) is 3.78. The van der Waals surface area contributed by atoms with Gasteiger partial charge in [0, 0.05) is 43.4 Å². The molecule has 134 valence electrons. The minimum absolute atomic E-state index is 0.208. The van der Waals surface area contributed by atoms with Gasteiger partial charge >= 0.3 is 0 Å². The lowest BCUT2D eigenvalue weighted by molar-refractivity contribution is -0.128. The molecule has 1 aliphatic heterocycles. The van der Waals surface area contributed by atoms with Gasteiger partial charge in [-0.15, -0.1) is 0 Å². The van der Waals surface area contributed by atoms with Crippen molar-refractivity contribution in [2.24, 2.45) is 5.92 Å². The molecular formula is C22H24N2O2. The van der Waals surface area contributed by atoms with Crippen molar-refractivity contribution in [1.29, 1.82) is 0 Å². The van der Waals surface area contributed by atoms with E-state index in [4.69, 9.17) is 0 Å². The Morgan fingerprint density at radius 2 is 1.81 bits per heavy atom. The van der Waals surface area contributed by atoms with Gasteiger partial charge in [0.05, 0.1) is 0 Å². The van der Waals surface area contributed by atoms with Crippen molar-refractivity contribution in [1.82, 2.24) is 9.88 Å². The van der Waals surface area contributed by atoms with Gasteiger partial charge in [0.15, 0.2) is 5.78 Å². The highest BCUT2D eigenvalue weighted by molar-refractivity contribution is 5.98. The van der Waals surface area contributed by atoms with Gasteiger partial charge in [-0.2, -0.15) is 0 Å². The fourth-order valence-electron chi connectivity index (χ4n) is 3.71. The highest BCUT2D eigenvalue weighted by Crippen LogP contribution is 2.29. The summed E-state index contributed by atoms with van der Waals surface area (Å²) in [6.07, 6.45) is 9.16. The molecule has 2 fully saturated rings. The van der Waals surface area contributed by atoms with Gasteiger partial charge in [0.25, 0.3) is 0 Å². The molecule has 0 spiro atoms. The van der Waals surface area contributed by atoms with E-state index in [1.165, 1.54) is 12.0 Å². The number of carbonyl (C=O) groups excluding carboxylic acids is 2. The van der Waals surface area contributed by atoms with Gasteiger partial charge in [0.1, 0.15) is 0 Å². The van der Waals surface area contributed by atoms with E-state index in [1.54, 1.807) is 6.20 Å². The number of rotatable bonds is 6. The minimum atomic E-state index is 0.208. The van der Waals surface area contributed by atoms with Crippen LogP contribution >= 0.6 is 0 Å². The van der Waals surface area contributed by atoms with Crippen LogP contribution in [0.15, 0.2) is 42.7 Å². The third-order valence-electron chi connectivity index (χ3n) is 5.53. The second-order valence-corrected chi connectivity index (χ2v) is 7.49. The zero-order valence-electron chi connectivity index (χ0n) is 15.0. The number of aromatic nitrogens is 1. The average molecular weight is 348 g/mol. The van der Waals surface area contributed by atoms with Crippen molar-refractivity contribution in [3.05, 3.63) is 65.0 Å². The third-order valence-corrected chi connectivity index (χ3v) is 5.53. The Morgan fingerprint density at radius 1 is 1.04 bits per heavy atom. The molecule has 2 aliphatic rings. The number of nitrogens with zero attached hydrogens (tertiary/aromatic N) is 2. The van der Waals surface area contributed by atoms with Crippen LogP contribution in [-0.4, -0.2) is 28.1 Å². The van der Waals surface area contributed by atoms with Crippen LogP contribution in [0, 0.1) is 5.92 Å². The molecule has 1 amide bonds. The SMILES string of the molecule is O=C(c1cncc(Cc2ccc(CN3CCCC3=O)cc2)c1)C1CCC1. The summed E-state index contributed by atoms with van der Waals surface area (Å²) in [5.41, 5.74) is 4.17. The zero-order valence-corrected chi connectivity index (χ0v) is 15.0.